The number of methoxy groups -OCH3 is 1. The van der Waals surface area contributed by atoms with Gasteiger partial charge in [-0.2, -0.15) is 0 Å². The van der Waals surface area contributed by atoms with Crippen molar-refractivity contribution >= 4 is 51.8 Å². The van der Waals surface area contributed by atoms with Crippen molar-refractivity contribution in [1.29, 1.82) is 0 Å². The molecule has 0 aliphatic carbocycles. The smallest absolute Gasteiger partial charge is 0.344 e. The monoisotopic (exact) mass is 483 g/mol. The Hall–Kier alpha value is -2.73. The summed E-state index contributed by atoms with van der Waals surface area (Å²) in [6.07, 6.45) is 0. The number of ether oxygens (including phenoxy) is 2. The van der Waals surface area contributed by atoms with Gasteiger partial charge in [0.1, 0.15) is 22.9 Å². The number of aromatic nitrogens is 1. The van der Waals surface area contributed by atoms with Crippen LogP contribution in [0.2, 0.25) is 10.0 Å². The number of hydrogen-bond acceptors (Lipinski definition) is 5. The molecule has 4 nitrogen and oxygen atoms in total. The number of nitrogens with zero attached hydrogens (tertiary/aromatic N) is 1. The summed E-state index contributed by atoms with van der Waals surface area (Å²) >= 11 is 13.7. The van der Waals surface area contributed by atoms with Crippen LogP contribution in [0, 0.1) is 0 Å². The number of fused-ring (bicyclic) bond motifs is 1. The second-order valence-corrected chi connectivity index (χ2v) is 8.73. The molecule has 0 bridgehead atoms. The summed E-state index contributed by atoms with van der Waals surface area (Å²) in [6.45, 7) is 0.268. The van der Waals surface area contributed by atoms with Gasteiger partial charge in [-0.25, -0.2) is 9.78 Å². The van der Waals surface area contributed by atoms with E-state index in [1.807, 2.05) is 60.7 Å². The summed E-state index contributed by atoms with van der Waals surface area (Å²) in [5.74, 6) is 0.487. The van der Waals surface area contributed by atoms with Crippen molar-refractivity contribution in [3.63, 3.8) is 0 Å². The first-order valence-electron chi connectivity index (χ1n) is 9.81. The predicted molar refractivity (Wildman–Crippen MR) is 130 cm³/mol. The number of para-hydroxylation sites is 1. The van der Waals surface area contributed by atoms with Gasteiger partial charge in [0.15, 0.2) is 0 Å². The minimum absolute atomic E-state index is 0.268. The largest absolute Gasteiger partial charge is 0.487 e. The molecule has 1 aromatic heterocycles. The fraction of sp³-hybridized carbons (Fsp3) is 0.120. The van der Waals surface area contributed by atoms with Crippen molar-refractivity contribution in [2.24, 2.45) is 0 Å². The minimum atomic E-state index is -0.504. The normalized spacial score (nSPS) is 10.8. The highest BCUT2D eigenvalue weighted by Gasteiger charge is 2.24. The quantitative estimate of drug-likeness (QED) is 0.205. The molecule has 4 rings (SSSR count). The van der Waals surface area contributed by atoms with Gasteiger partial charge in [0.05, 0.1) is 12.6 Å². The Morgan fingerprint density at radius 2 is 1.69 bits per heavy atom. The van der Waals surface area contributed by atoms with E-state index in [9.17, 15) is 4.79 Å². The Bertz CT molecular complexity index is 1260. The van der Waals surface area contributed by atoms with Gasteiger partial charge >= 0.3 is 5.97 Å². The molecule has 3 aromatic carbocycles. The van der Waals surface area contributed by atoms with E-state index in [4.69, 9.17) is 37.7 Å². The lowest BCUT2D eigenvalue weighted by Gasteiger charge is -2.16. The van der Waals surface area contributed by atoms with Gasteiger partial charge in [-0.3, -0.25) is 0 Å². The number of thioether (sulfide) groups is 1. The molecule has 1 heterocycles. The number of carbonyl (C=O) groups excluding carboxylic acids is 1. The van der Waals surface area contributed by atoms with Crippen LogP contribution >= 0.6 is 35.0 Å². The summed E-state index contributed by atoms with van der Waals surface area (Å²) in [5, 5.41) is 2.58. The van der Waals surface area contributed by atoms with Crippen molar-refractivity contribution in [2.45, 2.75) is 17.4 Å². The molecule has 0 atom stereocenters. The van der Waals surface area contributed by atoms with Crippen LogP contribution in [-0.4, -0.2) is 18.1 Å². The van der Waals surface area contributed by atoms with Crippen LogP contribution in [0.3, 0.4) is 0 Å². The van der Waals surface area contributed by atoms with Crippen LogP contribution in [0.25, 0.3) is 10.9 Å². The topological polar surface area (TPSA) is 48.4 Å². The molecule has 32 heavy (non-hydrogen) atoms. The van der Waals surface area contributed by atoms with Crippen LogP contribution in [-0.2, 0) is 17.1 Å². The Labute approximate surface area is 200 Å². The molecule has 0 aliphatic heterocycles. The van der Waals surface area contributed by atoms with Crippen molar-refractivity contribution < 1.29 is 14.3 Å². The third-order valence-electron chi connectivity index (χ3n) is 4.82. The average molecular weight is 484 g/mol. The number of hydrogen-bond donors (Lipinski definition) is 0. The van der Waals surface area contributed by atoms with Crippen molar-refractivity contribution in [2.75, 3.05) is 7.11 Å². The SMILES string of the molecule is COC(=O)c1c(SCc2ccccc2Cl)nc2ccccc2c1OCc1ccc(Cl)cc1. The fourth-order valence-electron chi connectivity index (χ4n) is 3.19. The molecular formula is C25H19Cl2NO3S. The number of pyridine rings is 1. The molecule has 0 spiro atoms. The summed E-state index contributed by atoms with van der Waals surface area (Å²) in [7, 11) is 1.35. The standard InChI is InChI=1S/C25H19Cl2NO3S/c1-30-25(29)22-23(31-14-16-10-12-18(26)13-11-16)19-7-3-5-9-21(19)28-24(22)32-15-17-6-2-4-8-20(17)27/h2-13H,14-15H2,1H3. The van der Waals surface area contributed by atoms with E-state index in [1.165, 1.54) is 18.9 Å². The molecule has 0 saturated heterocycles. The van der Waals surface area contributed by atoms with Gasteiger partial charge in [-0.05, 0) is 41.5 Å². The Kier molecular flexibility index (Phi) is 7.20. The third kappa shape index (κ3) is 5.01. The predicted octanol–water partition coefficient (Wildman–Crippen LogP) is 7.20. The van der Waals surface area contributed by atoms with Gasteiger partial charge in [0.2, 0.25) is 0 Å². The van der Waals surface area contributed by atoms with Crippen LogP contribution in [0.15, 0.2) is 77.8 Å². The van der Waals surface area contributed by atoms with Gasteiger partial charge in [0.25, 0.3) is 0 Å². The van der Waals surface area contributed by atoms with Crippen LogP contribution < -0.4 is 4.74 Å². The number of halogens is 2. The maximum atomic E-state index is 12.8. The third-order valence-corrected chi connectivity index (χ3v) is 6.46. The summed E-state index contributed by atoms with van der Waals surface area (Å²) < 4.78 is 11.3. The highest BCUT2D eigenvalue weighted by Crippen LogP contribution is 2.38. The zero-order valence-electron chi connectivity index (χ0n) is 17.2. The molecule has 0 saturated carbocycles. The van der Waals surface area contributed by atoms with E-state index in [0.717, 1.165) is 22.0 Å². The van der Waals surface area contributed by atoms with Crippen molar-refractivity contribution in [1.82, 2.24) is 4.98 Å². The zero-order chi connectivity index (χ0) is 22.5. The fourth-order valence-corrected chi connectivity index (χ4v) is 4.63. The number of rotatable bonds is 7. The molecule has 0 unspecified atom stereocenters. The molecule has 0 amide bonds. The van der Waals surface area contributed by atoms with E-state index in [-0.39, 0.29) is 6.61 Å². The highest BCUT2D eigenvalue weighted by molar-refractivity contribution is 7.98. The number of carbonyl (C=O) groups is 1. The van der Waals surface area contributed by atoms with E-state index < -0.39 is 5.97 Å². The van der Waals surface area contributed by atoms with Gasteiger partial charge in [0, 0.05) is 21.2 Å². The van der Waals surface area contributed by atoms with Crippen molar-refractivity contribution in [3.05, 3.63) is 99.5 Å². The lowest BCUT2D eigenvalue weighted by Crippen LogP contribution is -2.10. The van der Waals surface area contributed by atoms with Crippen LogP contribution in [0.4, 0.5) is 0 Å². The molecular weight excluding hydrogens is 465 g/mol. The maximum absolute atomic E-state index is 12.8. The first-order valence-corrected chi connectivity index (χ1v) is 11.6. The second kappa shape index (κ2) is 10.3. The van der Waals surface area contributed by atoms with Gasteiger partial charge in [-0.1, -0.05) is 65.7 Å². The van der Waals surface area contributed by atoms with Gasteiger partial charge in [-0.15, -0.1) is 11.8 Å². The zero-order valence-corrected chi connectivity index (χ0v) is 19.5. The lowest BCUT2D eigenvalue weighted by molar-refractivity contribution is 0.0590. The highest BCUT2D eigenvalue weighted by atomic mass is 35.5. The number of benzene rings is 3. The summed E-state index contributed by atoms with van der Waals surface area (Å²) in [4.78, 5) is 17.6. The molecule has 0 fully saturated rings. The van der Waals surface area contributed by atoms with E-state index in [1.54, 1.807) is 12.1 Å². The molecule has 7 heteroatoms. The minimum Gasteiger partial charge on any atom is -0.487 e. The summed E-state index contributed by atoms with van der Waals surface area (Å²) in [6, 6.07) is 22.5. The molecule has 0 aliphatic rings. The second-order valence-electron chi connectivity index (χ2n) is 6.93. The lowest BCUT2D eigenvalue weighted by atomic mass is 10.1. The van der Waals surface area contributed by atoms with Crippen LogP contribution in [0.5, 0.6) is 5.75 Å². The Morgan fingerprint density at radius 3 is 2.44 bits per heavy atom. The first-order chi connectivity index (χ1) is 15.6. The Morgan fingerprint density at radius 1 is 0.969 bits per heavy atom. The average Bonchev–Trinajstić information content (AvgIpc) is 2.82. The first kappa shape index (κ1) is 22.5. The van der Waals surface area contributed by atoms with E-state index in [0.29, 0.717) is 32.1 Å². The molecule has 4 aromatic rings. The van der Waals surface area contributed by atoms with Gasteiger partial charge < -0.3 is 9.47 Å². The van der Waals surface area contributed by atoms with Crippen molar-refractivity contribution in [3.8, 4) is 5.75 Å². The van der Waals surface area contributed by atoms with E-state index in [2.05, 4.69) is 0 Å². The van der Waals surface area contributed by atoms with Crippen LogP contribution in [0.1, 0.15) is 21.5 Å². The molecule has 162 valence electrons. The number of esters is 1. The molecule has 0 N–H and O–H groups in total. The van der Waals surface area contributed by atoms with E-state index >= 15 is 0 Å². The molecule has 0 radical (unpaired) electrons. The maximum Gasteiger partial charge on any atom is 0.344 e. The Balaban J connectivity index is 1.76. The summed E-state index contributed by atoms with van der Waals surface area (Å²) in [5.41, 5.74) is 2.91.